The van der Waals surface area contributed by atoms with Crippen LogP contribution < -0.4 is 5.32 Å². The first-order chi connectivity index (χ1) is 9.50. The molecule has 1 unspecified atom stereocenters. The van der Waals surface area contributed by atoms with Gasteiger partial charge in [0.1, 0.15) is 0 Å². The van der Waals surface area contributed by atoms with Crippen LogP contribution in [0.5, 0.6) is 0 Å². The van der Waals surface area contributed by atoms with E-state index in [0.29, 0.717) is 12.0 Å². The second-order valence-corrected chi connectivity index (χ2v) is 4.85. The molecule has 0 bridgehead atoms. The number of hydrogen-bond acceptors (Lipinski definition) is 1. The van der Waals surface area contributed by atoms with Crippen LogP contribution in [0.2, 0.25) is 0 Å². The van der Waals surface area contributed by atoms with Crippen LogP contribution >= 0.6 is 0 Å². The van der Waals surface area contributed by atoms with Crippen molar-refractivity contribution < 1.29 is 13.2 Å². The average molecular weight is 285 g/mol. The molecule has 0 radical (unpaired) electrons. The zero-order valence-electron chi connectivity index (χ0n) is 11.8. The van der Waals surface area contributed by atoms with Gasteiger partial charge in [0.15, 0.2) is 0 Å². The van der Waals surface area contributed by atoms with Crippen molar-refractivity contribution in [3.8, 4) is 0 Å². The first kappa shape index (κ1) is 16.8. The smallest absolute Gasteiger partial charge is 0.313 e. The van der Waals surface area contributed by atoms with Gasteiger partial charge in [-0.15, -0.1) is 6.58 Å². The Bertz CT molecular complexity index is 412. The van der Waals surface area contributed by atoms with Gasteiger partial charge in [0.05, 0.1) is 5.56 Å². The van der Waals surface area contributed by atoms with E-state index < -0.39 is 11.7 Å². The van der Waals surface area contributed by atoms with Crippen molar-refractivity contribution in [2.75, 3.05) is 7.05 Å². The van der Waals surface area contributed by atoms with E-state index in [2.05, 4.69) is 11.9 Å². The van der Waals surface area contributed by atoms with Crippen LogP contribution in [0, 0.1) is 0 Å². The molecule has 20 heavy (non-hydrogen) atoms. The van der Waals surface area contributed by atoms with Crippen LogP contribution in [0.4, 0.5) is 13.2 Å². The van der Waals surface area contributed by atoms with E-state index in [1.807, 2.05) is 6.08 Å². The van der Waals surface area contributed by atoms with Crippen molar-refractivity contribution >= 4 is 0 Å². The first-order valence-electron chi connectivity index (χ1n) is 6.95. The third-order valence-electron chi connectivity index (χ3n) is 3.39. The molecule has 1 rings (SSSR count). The Balaban J connectivity index is 2.72. The Morgan fingerprint density at radius 3 is 2.50 bits per heavy atom. The highest BCUT2D eigenvalue weighted by Crippen LogP contribution is 2.35. The van der Waals surface area contributed by atoms with Crippen molar-refractivity contribution in [3.63, 3.8) is 0 Å². The lowest BCUT2D eigenvalue weighted by Crippen LogP contribution is -2.21. The number of rotatable bonds is 8. The third-order valence-corrected chi connectivity index (χ3v) is 3.39. The molecule has 0 heterocycles. The van der Waals surface area contributed by atoms with Gasteiger partial charge in [0, 0.05) is 6.04 Å². The van der Waals surface area contributed by atoms with Crippen molar-refractivity contribution in [3.05, 3.63) is 48.0 Å². The summed E-state index contributed by atoms with van der Waals surface area (Å²) < 4.78 is 39.0. The number of allylic oxidation sites excluding steroid dienone is 1. The van der Waals surface area contributed by atoms with Crippen molar-refractivity contribution in [2.45, 2.75) is 44.3 Å². The lowest BCUT2D eigenvalue weighted by atomic mass is 9.95. The minimum absolute atomic E-state index is 0.253. The fraction of sp³-hybridized carbons (Fsp3) is 0.500. The largest absolute Gasteiger partial charge is 0.416 e. The Hall–Kier alpha value is -1.29. The van der Waals surface area contributed by atoms with E-state index in [1.54, 1.807) is 19.2 Å². The van der Waals surface area contributed by atoms with Crippen LogP contribution in [0.15, 0.2) is 36.9 Å². The van der Waals surface area contributed by atoms with Crippen molar-refractivity contribution in [1.82, 2.24) is 5.32 Å². The maximum atomic E-state index is 13.0. The lowest BCUT2D eigenvalue weighted by Gasteiger charge is -2.21. The number of hydrogen-bond donors (Lipinski definition) is 1. The Morgan fingerprint density at radius 2 is 1.90 bits per heavy atom. The zero-order chi connectivity index (χ0) is 15.0. The van der Waals surface area contributed by atoms with Crippen LogP contribution in [0.1, 0.15) is 49.3 Å². The summed E-state index contributed by atoms with van der Waals surface area (Å²) in [6.45, 7) is 3.66. The van der Waals surface area contributed by atoms with Crippen molar-refractivity contribution in [2.24, 2.45) is 0 Å². The standard InChI is InChI=1S/C16H22F3N/c1-3-4-5-6-7-12-15(20-2)13-10-8-9-11-14(13)16(17,18)19/h3,8-11,15,20H,1,4-7,12H2,2H3. The summed E-state index contributed by atoms with van der Waals surface area (Å²) in [4.78, 5) is 0. The number of nitrogens with one attached hydrogen (secondary N) is 1. The monoisotopic (exact) mass is 285 g/mol. The minimum Gasteiger partial charge on any atom is -0.313 e. The summed E-state index contributed by atoms with van der Waals surface area (Å²) >= 11 is 0. The van der Waals surface area contributed by atoms with Crippen LogP contribution in [-0.4, -0.2) is 7.05 Å². The average Bonchev–Trinajstić information content (AvgIpc) is 2.42. The van der Waals surface area contributed by atoms with E-state index in [1.165, 1.54) is 6.07 Å². The van der Waals surface area contributed by atoms with Crippen LogP contribution in [0.25, 0.3) is 0 Å². The summed E-state index contributed by atoms with van der Waals surface area (Å²) in [6.07, 6.45) is 2.21. The molecule has 0 aromatic heterocycles. The number of benzene rings is 1. The quantitative estimate of drug-likeness (QED) is 0.517. The molecule has 1 aromatic rings. The molecule has 0 aliphatic heterocycles. The van der Waals surface area contributed by atoms with Gasteiger partial charge in [-0.25, -0.2) is 0 Å². The maximum Gasteiger partial charge on any atom is 0.416 e. The molecule has 0 saturated carbocycles. The normalized spacial score (nSPS) is 13.2. The van der Waals surface area contributed by atoms with E-state index in [-0.39, 0.29) is 6.04 Å². The lowest BCUT2D eigenvalue weighted by molar-refractivity contribution is -0.138. The van der Waals surface area contributed by atoms with Crippen molar-refractivity contribution in [1.29, 1.82) is 0 Å². The topological polar surface area (TPSA) is 12.0 Å². The fourth-order valence-electron chi connectivity index (χ4n) is 2.33. The third kappa shape index (κ3) is 5.00. The Morgan fingerprint density at radius 1 is 1.20 bits per heavy atom. The Kier molecular flexibility index (Phi) is 6.79. The van der Waals surface area contributed by atoms with E-state index in [0.717, 1.165) is 31.7 Å². The SMILES string of the molecule is C=CCCCCCC(NC)c1ccccc1C(F)(F)F. The second kappa shape index (κ2) is 8.10. The molecule has 112 valence electrons. The highest BCUT2D eigenvalue weighted by atomic mass is 19.4. The van der Waals surface area contributed by atoms with E-state index in [4.69, 9.17) is 0 Å². The molecule has 0 spiro atoms. The minimum atomic E-state index is -4.30. The van der Waals surface area contributed by atoms with Gasteiger partial charge >= 0.3 is 6.18 Å². The van der Waals surface area contributed by atoms with E-state index in [9.17, 15) is 13.2 Å². The summed E-state index contributed by atoms with van der Waals surface area (Å²) in [5.74, 6) is 0. The number of unbranched alkanes of at least 4 members (excludes halogenated alkanes) is 3. The molecule has 0 saturated heterocycles. The predicted molar refractivity (Wildman–Crippen MR) is 76.5 cm³/mol. The Labute approximate surface area is 118 Å². The summed E-state index contributed by atoms with van der Waals surface area (Å²) in [5.41, 5.74) is -0.198. The zero-order valence-corrected chi connectivity index (χ0v) is 11.8. The molecular formula is C16H22F3N. The molecule has 0 amide bonds. The molecule has 0 aliphatic rings. The highest BCUT2D eigenvalue weighted by Gasteiger charge is 2.34. The van der Waals surface area contributed by atoms with Crippen LogP contribution in [-0.2, 0) is 6.18 Å². The van der Waals surface area contributed by atoms with Gasteiger partial charge in [-0.05, 0) is 37.9 Å². The van der Waals surface area contributed by atoms with Crippen LogP contribution in [0.3, 0.4) is 0 Å². The molecular weight excluding hydrogens is 263 g/mol. The molecule has 1 N–H and O–H groups in total. The summed E-state index contributed by atoms with van der Waals surface area (Å²) in [6, 6.07) is 5.55. The van der Waals surface area contributed by atoms with Gasteiger partial charge in [-0.3, -0.25) is 0 Å². The fourth-order valence-corrected chi connectivity index (χ4v) is 2.33. The number of halogens is 3. The van der Waals surface area contributed by atoms with Gasteiger partial charge in [0.25, 0.3) is 0 Å². The molecule has 4 heteroatoms. The number of alkyl halides is 3. The molecule has 0 aliphatic carbocycles. The predicted octanol–water partition coefficient (Wildman–Crippen LogP) is 5.10. The molecule has 1 atom stereocenters. The summed E-state index contributed by atoms with van der Waals surface area (Å²) in [5, 5.41) is 3.00. The first-order valence-corrected chi connectivity index (χ1v) is 6.95. The molecule has 1 nitrogen and oxygen atoms in total. The molecule has 1 aromatic carbocycles. The molecule has 0 fully saturated rings. The summed E-state index contributed by atoms with van der Waals surface area (Å²) in [7, 11) is 1.71. The van der Waals surface area contributed by atoms with Gasteiger partial charge < -0.3 is 5.32 Å². The second-order valence-electron chi connectivity index (χ2n) is 4.85. The van der Waals surface area contributed by atoms with Gasteiger partial charge in [-0.1, -0.05) is 37.1 Å². The highest BCUT2D eigenvalue weighted by molar-refractivity contribution is 5.32. The van der Waals surface area contributed by atoms with E-state index >= 15 is 0 Å². The van der Waals surface area contributed by atoms with Gasteiger partial charge in [-0.2, -0.15) is 13.2 Å². The van der Waals surface area contributed by atoms with Gasteiger partial charge in [0.2, 0.25) is 0 Å². The maximum absolute atomic E-state index is 13.0.